The number of hydrogen-bond donors (Lipinski definition) is 0. The number of rotatable bonds is 9. The van der Waals surface area contributed by atoms with Crippen molar-refractivity contribution in [3.05, 3.63) is 35.9 Å². The molecule has 2 nitrogen and oxygen atoms in total. The Labute approximate surface area is 149 Å². The van der Waals surface area contributed by atoms with Gasteiger partial charge in [-0.15, -0.1) is 23.5 Å². The van der Waals surface area contributed by atoms with E-state index >= 15 is 0 Å². The van der Waals surface area contributed by atoms with Crippen molar-refractivity contribution in [2.75, 3.05) is 18.1 Å². The minimum Gasteiger partial charge on any atom is -0.466 e. The van der Waals surface area contributed by atoms with Crippen LogP contribution in [0.3, 0.4) is 0 Å². The van der Waals surface area contributed by atoms with Crippen LogP contribution in [0.4, 0.5) is 0 Å². The van der Waals surface area contributed by atoms with E-state index in [2.05, 4.69) is 53.9 Å². The zero-order valence-electron chi connectivity index (χ0n) is 14.1. The first-order valence-electron chi connectivity index (χ1n) is 8.70. The minimum atomic E-state index is -0.166. The second kappa shape index (κ2) is 10.3. The molecule has 0 bridgehead atoms. The van der Waals surface area contributed by atoms with Crippen LogP contribution in [-0.4, -0.2) is 24.1 Å². The summed E-state index contributed by atoms with van der Waals surface area (Å²) in [5, 5.41) is 0. The molecule has 1 saturated heterocycles. The van der Waals surface area contributed by atoms with Gasteiger partial charge >= 0.3 is 5.97 Å². The summed E-state index contributed by atoms with van der Waals surface area (Å²) in [5.41, 5.74) is 1.49. The quantitative estimate of drug-likeness (QED) is 0.426. The van der Waals surface area contributed by atoms with Crippen molar-refractivity contribution >= 4 is 29.5 Å². The molecule has 1 aromatic rings. The predicted molar refractivity (Wildman–Crippen MR) is 102 cm³/mol. The van der Waals surface area contributed by atoms with Gasteiger partial charge in [0.05, 0.1) is 10.7 Å². The maximum atomic E-state index is 10.7. The Balaban J connectivity index is 1.71. The topological polar surface area (TPSA) is 26.3 Å². The summed E-state index contributed by atoms with van der Waals surface area (Å²) in [7, 11) is 0. The SMILES string of the molecule is CC(=O)OCCCCCCCC1(c2ccccc2)SCCCS1. The molecule has 0 unspecified atom stereocenters. The lowest BCUT2D eigenvalue weighted by Crippen LogP contribution is -2.22. The highest BCUT2D eigenvalue weighted by atomic mass is 32.2. The Kier molecular flexibility index (Phi) is 8.38. The molecule has 0 atom stereocenters. The van der Waals surface area contributed by atoms with Crippen molar-refractivity contribution in [3.63, 3.8) is 0 Å². The predicted octanol–water partition coefficient (Wildman–Crippen LogP) is 5.61. The summed E-state index contributed by atoms with van der Waals surface area (Å²) in [6, 6.07) is 11.0. The van der Waals surface area contributed by atoms with Crippen molar-refractivity contribution in [2.24, 2.45) is 0 Å². The number of carbonyl (C=O) groups excluding carboxylic acids is 1. The van der Waals surface area contributed by atoms with Crippen LogP contribution in [0.2, 0.25) is 0 Å². The first kappa shape index (κ1) is 18.7. The molecular formula is C19H28O2S2. The van der Waals surface area contributed by atoms with Crippen LogP contribution in [-0.2, 0) is 13.6 Å². The van der Waals surface area contributed by atoms with Crippen LogP contribution in [0.25, 0.3) is 0 Å². The summed E-state index contributed by atoms with van der Waals surface area (Å²) < 4.78 is 5.25. The Bertz CT molecular complexity index is 456. The summed E-state index contributed by atoms with van der Waals surface area (Å²) in [4.78, 5) is 10.7. The number of carbonyl (C=O) groups is 1. The van der Waals surface area contributed by atoms with Gasteiger partial charge < -0.3 is 4.74 Å². The number of ether oxygens (including phenoxy) is 1. The largest absolute Gasteiger partial charge is 0.466 e. The third-order valence-corrected chi connectivity index (χ3v) is 7.63. The van der Waals surface area contributed by atoms with E-state index in [0.29, 0.717) is 6.61 Å². The van der Waals surface area contributed by atoms with E-state index in [1.807, 2.05) is 0 Å². The van der Waals surface area contributed by atoms with Crippen LogP contribution in [0.1, 0.15) is 57.4 Å². The second-order valence-corrected chi connectivity index (χ2v) is 9.07. The summed E-state index contributed by atoms with van der Waals surface area (Å²) in [6.07, 6.45) is 8.54. The van der Waals surface area contributed by atoms with Crippen molar-refractivity contribution in [2.45, 2.75) is 55.9 Å². The third kappa shape index (κ3) is 6.42. The zero-order valence-corrected chi connectivity index (χ0v) is 15.7. The highest BCUT2D eigenvalue weighted by molar-refractivity contribution is 8.18. The van der Waals surface area contributed by atoms with Gasteiger partial charge in [0.2, 0.25) is 0 Å². The number of thioether (sulfide) groups is 2. The number of esters is 1. The van der Waals surface area contributed by atoms with Gasteiger partial charge in [-0.2, -0.15) is 0 Å². The molecule has 0 amide bonds. The lowest BCUT2D eigenvalue weighted by atomic mass is 10.0. The van der Waals surface area contributed by atoms with Gasteiger partial charge in [-0.05, 0) is 36.3 Å². The molecule has 1 aromatic carbocycles. The smallest absolute Gasteiger partial charge is 0.302 e. The maximum absolute atomic E-state index is 10.7. The normalized spacial score (nSPS) is 16.9. The van der Waals surface area contributed by atoms with Gasteiger partial charge in [0.1, 0.15) is 0 Å². The standard InChI is InChI=1S/C19H28O2S2/c1-17(20)21-14-9-4-2-3-8-13-19(22-15-10-16-23-19)18-11-6-5-7-12-18/h5-7,11-12H,2-4,8-10,13-16H2,1H3. The van der Waals surface area contributed by atoms with Gasteiger partial charge in [0.15, 0.2) is 0 Å². The van der Waals surface area contributed by atoms with Gasteiger partial charge in [0, 0.05) is 6.92 Å². The van der Waals surface area contributed by atoms with Crippen molar-refractivity contribution in [1.82, 2.24) is 0 Å². The maximum Gasteiger partial charge on any atom is 0.302 e. The lowest BCUT2D eigenvalue weighted by Gasteiger charge is -2.36. The Hall–Kier alpha value is -0.610. The molecule has 23 heavy (non-hydrogen) atoms. The molecule has 0 aromatic heterocycles. The summed E-state index contributed by atoms with van der Waals surface area (Å²) in [6.45, 7) is 2.05. The van der Waals surface area contributed by atoms with Crippen LogP contribution in [0.15, 0.2) is 30.3 Å². The molecule has 4 heteroatoms. The molecular weight excluding hydrogens is 324 g/mol. The molecule has 0 N–H and O–H groups in total. The van der Waals surface area contributed by atoms with E-state index < -0.39 is 0 Å². The Morgan fingerprint density at radius 1 is 1.04 bits per heavy atom. The van der Waals surface area contributed by atoms with Crippen molar-refractivity contribution in [3.8, 4) is 0 Å². The highest BCUT2D eigenvalue weighted by Gasteiger charge is 2.34. The van der Waals surface area contributed by atoms with E-state index in [0.717, 1.165) is 12.8 Å². The van der Waals surface area contributed by atoms with E-state index in [1.165, 1.54) is 56.1 Å². The van der Waals surface area contributed by atoms with Crippen LogP contribution in [0, 0.1) is 0 Å². The molecule has 1 heterocycles. The average Bonchev–Trinajstić information content (AvgIpc) is 2.58. The molecule has 2 rings (SSSR count). The fraction of sp³-hybridized carbons (Fsp3) is 0.632. The van der Waals surface area contributed by atoms with E-state index in [1.54, 1.807) is 0 Å². The minimum absolute atomic E-state index is 0.166. The average molecular weight is 353 g/mol. The van der Waals surface area contributed by atoms with E-state index in [4.69, 9.17) is 4.74 Å². The monoisotopic (exact) mass is 352 g/mol. The molecule has 0 radical (unpaired) electrons. The van der Waals surface area contributed by atoms with Crippen LogP contribution in [0.5, 0.6) is 0 Å². The Morgan fingerprint density at radius 2 is 1.70 bits per heavy atom. The summed E-state index contributed by atoms with van der Waals surface area (Å²) in [5.74, 6) is 2.40. The summed E-state index contributed by atoms with van der Waals surface area (Å²) >= 11 is 4.29. The molecule has 1 fully saturated rings. The van der Waals surface area contributed by atoms with E-state index in [9.17, 15) is 4.79 Å². The second-order valence-electron chi connectivity index (χ2n) is 6.03. The highest BCUT2D eigenvalue weighted by Crippen LogP contribution is 2.53. The van der Waals surface area contributed by atoms with E-state index in [-0.39, 0.29) is 10.0 Å². The molecule has 128 valence electrons. The third-order valence-electron chi connectivity index (χ3n) is 4.13. The first-order valence-corrected chi connectivity index (χ1v) is 10.7. The molecule has 0 aliphatic carbocycles. The van der Waals surface area contributed by atoms with Crippen molar-refractivity contribution < 1.29 is 9.53 Å². The first-order chi connectivity index (χ1) is 11.2. The molecule has 1 aliphatic rings. The number of unbranched alkanes of at least 4 members (excludes halogenated alkanes) is 4. The molecule has 0 saturated carbocycles. The number of hydrogen-bond acceptors (Lipinski definition) is 4. The van der Waals surface area contributed by atoms with Gasteiger partial charge in [-0.25, -0.2) is 0 Å². The fourth-order valence-electron chi connectivity index (χ4n) is 2.93. The fourth-order valence-corrected chi connectivity index (χ4v) is 6.36. The van der Waals surface area contributed by atoms with Crippen molar-refractivity contribution in [1.29, 1.82) is 0 Å². The van der Waals surface area contributed by atoms with Crippen LogP contribution >= 0.6 is 23.5 Å². The number of benzene rings is 1. The zero-order chi connectivity index (χ0) is 16.4. The van der Waals surface area contributed by atoms with Gasteiger partial charge in [0.25, 0.3) is 0 Å². The van der Waals surface area contributed by atoms with Gasteiger partial charge in [-0.3, -0.25) is 4.79 Å². The molecule has 1 aliphatic heterocycles. The Morgan fingerprint density at radius 3 is 2.39 bits per heavy atom. The van der Waals surface area contributed by atoms with Gasteiger partial charge in [-0.1, -0.05) is 56.0 Å². The molecule has 0 spiro atoms. The van der Waals surface area contributed by atoms with Crippen LogP contribution < -0.4 is 0 Å². The lowest BCUT2D eigenvalue weighted by molar-refractivity contribution is -0.141.